The summed E-state index contributed by atoms with van der Waals surface area (Å²) in [5, 5.41) is 0. The normalized spacial score (nSPS) is 21.8. The van der Waals surface area contributed by atoms with Gasteiger partial charge >= 0.3 is 0 Å². The zero-order chi connectivity index (χ0) is 7.84. The van der Waals surface area contributed by atoms with Crippen LogP contribution in [0.15, 0.2) is 18.2 Å². The molecule has 58 valence electrons. The SMILES string of the molecule is N[C@H]1Cc2cccc(F)c2C1. The minimum absolute atomic E-state index is 0.101. The minimum atomic E-state index is -0.101. The van der Waals surface area contributed by atoms with E-state index in [2.05, 4.69) is 0 Å². The Bertz CT molecular complexity index is 283. The first kappa shape index (κ1) is 6.80. The molecule has 1 nitrogen and oxygen atoms in total. The molecule has 11 heavy (non-hydrogen) atoms. The topological polar surface area (TPSA) is 26.0 Å². The van der Waals surface area contributed by atoms with Gasteiger partial charge in [0.05, 0.1) is 0 Å². The van der Waals surface area contributed by atoms with Crippen LogP contribution in [0.4, 0.5) is 4.39 Å². The maximum absolute atomic E-state index is 13.0. The van der Waals surface area contributed by atoms with Gasteiger partial charge in [-0.1, -0.05) is 12.1 Å². The van der Waals surface area contributed by atoms with Gasteiger partial charge in [0.2, 0.25) is 0 Å². The molecule has 2 N–H and O–H groups in total. The molecule has 1 aromatic carbocycles. The van der Waals surface area contributed by atoms with Crippen LogP contribution in [0.3, 0.4) is 0 Å². The Morgan fingerprint density at radius 3 is 2.91 bits per heavy atom. The molecule has 2 heteroatoms. The highest BCUT2D eigenvalue weighted by atomic mass is 19.1. The molecule has 0 heterocycles. The van der Waals surface area contributed by atoms with Crippen LogP contribution < -0.4 is 5.73 Å². The lowest BCUT2D eigenvalue weighted by Crippen LogP contribution is -2.19. The Kier molecular flexibility index (Phi) is 1.43. The van der Waals surface area contributed by atoms with Gasteiger partial charge in [-0.2, -0.15) is 0 Å². The molecule has 0 radical (unpaired) electrons. The van der Waals surface area contributed by atoms with Gasteiger partial charge in [0.15, 0.2) is 0 Å². The minimum Gasteiger partial charge on any atom is -0.327 e. The molecular formula is C9H10FN. The predicted octanol–water partition coefficient (Wildman–Crippen LogP) is 1.25. The number of benzene rings is 1. The Morgan fingerprint density at radius 2 is 2.18 bits per heavy atom. The van der Waals surface area contributed by atoms with Crippen LogP contribution in [0.5, 0.6) is 0 Å². The van der Waals surface area contributed by atoms with Crippen LogP contribution in [0.1, 0.15) is 11.1 Å². The number of hydrogen-bond acceptors (Lipinski definition) is 1. The van der Waals surface area contributed by atoms with Crippen LogP contribution in [0, 0.1) is 5.82 Å². The van der Waals surface area contributed by atoms with Crippen molar-refractivity contribution >= 4 is 0 Å². The summed E-state index contributed by atoms with van der Waals surface area (Å²) < 4.78 is 13.0. The van der Waals surface area contributed by atoms with Crippen LogP contribution in [0.25, 0.3) is 0 Å². The smallest absolute Gasteiger partial charge is 0.126 e. The first-order valence-corrected chi connectivity index (χ1v) is 3.79. The number of hydrogen-bond donors (Lipinski definition) is 1. The molecule has 1 atom stereocenters. The average molecular weight is 151 g/mol. The van der Waals surface area contributed by atoms with Crippen LogP contribution in [-0.4, -0.2) is 6.04 Å². The Labute approximate surface area is 65.0 Å². The van der Waals surface area contributed by atoms with E-state index in [1.165, 1.54) is 6.07 Å². The molecule has 0 bridgehead atoms. The molecule has 0 unspecified atom stereocenters. The van der Waals surface area contributed by atoms with E-state index in [0.717, 1.165) is 17.5 Å². The molecule has 0 saturated heterocycles. The van der Waals surface area contributed by atoms with Crippen LogP contribution >= 0.6 is 0 Å². The molecule has 0 saturated carbocycles. The lowest BCUT2D eigenvalue weighted by atomic mass is 10.1. The van der Waals surface area contributed by atoms with Gasteiger partial charge in [-0.3, -0.25) is 0 Å². The Morgan fingerprint density at radius 1 is 1.36 bits per heavy atom. The average Bonchev–Trinajstić information content (AvgIpc) is 2.31. The third-order valence-corrected chi connectivity index (χ3v) is 2.16. The first-order chi connectivity index (χ1) is 5.27. The second-order valence-electron chi connectivity index (χ2n) is 3.05. The second kappa shape index (κ2) is 2.31. The third kappa shape index (κ3) is 1.03. The molecule has 0 aliphatic heterocycles. The van der Waals surface area contributed by atoms with Gasteiger partial charge < -0.3 is 5.73 Å². The van der Waals surface area contributed by atoms with Crippen molar-refractivity contribution in [2.75, 3.05) is 0 Å². The fourth-order valence-electron chi connectivity index (χ4n) is 1.64. The summed E-state index contributed by atoms with van der Waals surface area (Å²) in [6, 6.07) is 5.32. The second-order valence-corrected chi connectivity index (χ2v) is 3.05. The highest BCUT2D eigenvalue weighted by molar-refractivity contribution is 5.34. The van der Waals surface area contributed by atoms with E-state index in [1.54, 1.807) is 6.07 Å². The lowest BCUT2D eigenvalue weighted by Gasteiger charge is -1.97. The largest absolute Gasteiger partial charge is 0.327 e. The molecule has 1 aliphatic carbocycles. The maximum Gasteiger partial charge on any atom is 0.126 e. The number of fused-ring (bicyclic) bond motifs is 1. The Hall–Kier alpha value is -0.890. The monoisotopic (exact) mass is 151 g/mol. The first-order valence-electron chi connectivity index (χ1n) is 3.79. The fraction of sp³-hybridized carbons (Fsp3) is 0.333. The molecule has 0 amide bonds. The molecular weight excluding hydrogens is 141 g/mol. The van der Waals surface area contributed by atoms with Crippen LogP contribution in [0.2, 0.25) is 0 Å². The molecule has 2 rings (SSSR count). The van der Waals surface area contributed by atoms with Crippen molar-refractivity contribution in [1.29, 1.82) is 0 Å². The highest BCUT2D eigenvalue weighted by Crippen LogP contribution is 2.23. The number of rotatable bonds is 0. The van der Waals surface area contributed by atoms with E-state index in [1.807, 2.05) is 6.07 Å². The molecule has 0 fully saturated rings. The number of nitrogens with two attached hydrogens (primary N) is 1. The Balaban J connectivity index is 2.49. The zero-order valence-electron chi connectivity index (χ0n) is 6.18. The summed E-state index contributed by atoms with van der Waals surface area (Å²) in [6.45, 7) is 0. The van der Waals surface area contributed by atoms with E-state index in [9.17, 15) is 4.39 Å². The summed E-state index contributed by atoms with van der Waals surface area (Å²) in [5.74, 6) is -0.101. The van der Waals surface area contributed by atoms with Gasteiger partial charge in [0.1, 0.15) is 5.82 Å². The van der Waals surface area contributed by atoms with Crippen LogP contribution in [-0.2, 0) is 12.8 Å². The van der Waals surface area contributed by atoms with Crippen molar-refractivity contribution < 1.29 is 4.39 Å². The van der Waals surface area contributed by atoms with Crippen molar-refractivity contribution in [2.45, 2.75) is 18.9 Å². The molecule has 0 spiro atoms. The van der Waals surface area contributed by atoms with Crippen molar-refractivity contribution in [3.8, 4) is 0 Å². The van der Waals surface area contributed by atoms with Crippen molar-refractivity contribution in [3.05, 3.63) is 35.1 Å². The van der Waals surface area contributed by atoms with Gasteiger partial charge in [-0.25, -0.2) is 4.39 Å². The highest BCUT2D eigenvalue weighted by Gasteiger charge is 2.20. The van der Waals surface area contributed by atoms with Gasteiger partial charge in [-0.15, -0.1) is 0 Å². The number of halogens is 1. The summed E-state index contributed by atoms with van der Waals surface area (Å²) in [6.07, 6.45) is 1.52. The van der Waals surface area contributed by atoms with Gasteiger partial charge in [0, 0.05) is 6.04 Å². The summed E-state index contributed by atoms with van der Waals surface area (Å²) in [5.41, 5.74) is 7.59. The summed E-state index contributed by atoms with van der Waals surface area (Å²) >= 11 is 0. The van der Waals surface area contributed by atoms with Crippen molar-refractivity contribution in [1.82, 2.24) is 0 Å². The summed E-state index contributed by atoms with van der Waals surface area (Å²) in [7, 11) is 0. The third-order valence-electron chi connectivity index (χ3n) is 2.16. The quantitative estimate of drug-likeness (QED) is 0.593. The van der Waals surface area contributed by atoms with E-state index in [-0.39, 0.29) is 11.9 Å². The fourth-order valence-corrected chi connectivity index (χ4v) is 1.64. The van der Waals surface area contributed by atoms with Gasteiger partial charge in [0.25, 0.3) is 0 Å². The van der Waals surface area contributed by atoms with Gasteiger partial charge in [-0.05, 0) is 30.0 Å². The summed E-state index contributed by atoms with van der Waals surface area (Å²) in [4.78, 5) is 0. The standard InChI is InChI=1S/C9H10FN/c10-9-3-1-2-6-4-7(11)5-8(6)9/h1-3,7H,4-5,11H2/t7-/m0/s1. The van der Waals surface area contributed by atoms with E-state index in [0.29, 0.717) is 6.42 Å². The molecule has 1 aromatic rings. The zero-order valence-corrected chi connectivity index (χ0v) is 6.18. The molecule has 0 aromatic heterocycles. The molecule has 1 aliphatic rings. The van der Waals surface area contributed by atoms with Crippen molar-refractivity contribution in [2.24, 2.45) is 5.73 Å². The lowest BCUT2D eigenvalue weighted by molar-refractivity contribution is 0.606. The van der Waals surface area contributed by atoms with E-state index in [4.69, 9.17) is 5.73 Å². The van der Waals surface area contributed by atoms with E-state index < -0.39 is 0 Å². The van der Waals surface area contributed by atoms with Crippen molar-refractivity contribution in [3.63, 3.8) is 0 Å². The van der Waals surface area contributed by atoms with E-state index >= 15 is 0 Å². The predicted molar refractivity (Wildman–Crippen MR) is 41.8 cm³/mol. The maximum atomic E-state index is 13.0.